The summed E-state index contributed by atoms with van der Waals surface area (Å²) in [5.74, 6) is 0.0673. The molecule has 0 saturated carbocycles. The van der Waals surface area contributed by atoms with E-state index in [4.69, 9.17) is 5.73 Å². The van der Waals surface area contributed by atoms with Crippen LogP contribution in [-0.2, 0) is 0 Å². The van der Waals surface area contributed by atoms with Crippen LogP contribution in [0.3, 0.4) is 0 Å². The van der Waals surface area contributed by atoms with Gasteiger partial charge in [0.05, 0.1) is 0 Å². The van der Waals surface area contributed by atoms with E-state index in [1.165, 1.54) is 44.6 Å². The molecule has 1 unspecified atom stereocenters. The molecule has 2 heteroatoms. The lowest BCUT2D eigenvalue weighted by Crippen LogP contribution is -2.13. The van der Waals surface area contributed by atoms with Crippen LogP contribution in [0.2, 0.25) is 0 Å². The average Bonchev–Trinajstić information content (AvgIpc) is 2.43. The summed E-state index contributed by atoms with van der Waals surface area (Å²) >= 11 is 0. The molecule has 0 radical (unpaired) electrons. The summed E-state index contributed by atoms with van der Waals surface area (Å²) in [6.45, 7) is 2.77. The van der Waals surface area contributed by atoms with Crippen molar-refractivity contribution < 1.29 is 4.39 Å². The van der Waals surface area contributed by atoms with Crippen LogP contribution in [0, 0.1) is 5.82 Å². The van der Waals surface area contributed by atoms with Gasteiger partial charge < -0.3 is 5.73 Å². The Labute approximate surface area is 117 Å². The van der Waals surface area contributed by atoms with Crippen LogP contribution in [0.25, 0.3) is 0 Å². The number of hydrogen-bond acceptors (Lipinski definition) is 1. The number of rotatable bonds is 10. The zero-order chi connectivity index (χ0) is 13.9. The third kappa shape index (κ3) is 6.20. The topological polar surface area (TPSA) is 26.0 Å². The second-order valence-electron chi connectivity index (χ2n) is 5.36. The molecule has 1 nitrogen and oxygen atoms in total. The summed E-state index contributed by atoms with van der Waals surface area (Å²) in [5, 5.41) is 0. The predicted molar refractivity (Wildman–Crippen MR) is 80.8 cm³/mol. The van der Waals surface area contributed by atoms with Crippen molar-refractivity contribution in [1.82, 2.24) is 0 Å². The molecule has 0 amide bonds. The fourth-order valence-corrected chi connectivity index (χ4v) is 2.55. The van der Waals surface area contributed by atoms with Crippen LogP contribution in [-0.4, -0.2) is 6.54 Å². The molecular weight excluding hydrogens is 237 g/mol. The highest BCUT2D eigenvalue weighted by Gasteiger charge is 2.13. The van der Waals surface area contributed by atoms with E-state index >= 15 is 0 Å². The summed E-state index contributed by atoms with van der Waals surface area (Å²) in [5.41, 5.74) is 6.58. The van der Waals surface area contributed by atoms with Crippen molar-refractivity contribution in [2.45, 2.75) is 64.2 Å². The smallest absolute Gasteiger partial charge is 0.126 e. The van der Waals surface area contributed by atoms with Gasteiger partial charge in [-0.15, -0.1) is 0 Å². The fourth-order valence-electron chi connectivity index (χ4n) is 2.55. The van der Waals surface area contributed by atoms with Crippen molar-refractivity contribution in [2.75, 3.05) is 6.54 Å². The van der Waals surface area contributed by atoms with Crippen molar-refractivity contribution in [1.29, 1.82) is 0 Å². The highest BCUT2D eigenvalue weighted by Crippen LogP contribution is 2.24. The zero-order valence-electron chi connectivity index (χ0n) is 12.2. The van der Waals surface area contributed by atoms with Gasteiger partial charge in [0.1, 0.15) is 5.82 Å². The fraction of sp³-hybridized carbons (Fsp3) is 0.647. The Morgan fingerprint density at radius 1 is 1.00 bits per heavy atom. The zero-order valence-corrected chi connectivity index (χ0v) is 12.2. The maximum absolute atomic E-state index is 13.7. The molecule has 0 bridgehead atoms. The van der Waals surface area contributed by atoms with Gasteiger partial charge >= 0.3 is 0 Å². The first-order valence-corrected chi connectivity index (χ1v) is 7.74. The average molecular weight is 265 g/mol. The molecular formula is C17H28FN. The van der Waals surface area contributed by atoms with E-state index in [1.807, 2.05) is 12.1 Å². The van der Waals surface area contributed by atoms with E-state index in [2.05, 4.69) is 6.92 Å². The van der Waals surface area contributed by atoms with E-state index in [9.17, 15) is 4.39 Å². The molecule has 0 fully saturated rings. The van der Waals surface area contributed by atoms with Crippen molar-refractivity contribution >= 4 is 0 Å². The van der Waals surface area contributed by atoms with Crippen LogP contribution >= 0.6 is 0 Å². The summed E-state index contributed by atoms with van der Waals surface area (Å²) in [4.78, 5) is 0. The van der Waals surface area contributed by atoms with E-state index < -0.39 is 0 Å². The van der Waals surface area contributed by atoms with Crippen LogP contribution in [0.4, 0.5) is 4.39 Å². The molecule has 1 aromatic carbocycles. The number of hydrogen-bond donors (Lipinski definition) is 1. The number of nitrogens with two attached hydrogens (primary N) is 1. The Morgan fingerprint density at radius 3 is 2.26 bits per heavy atom. The van der Waals surface area contributed by atoms with Crippen LogP contribution in [0.5, 0.6) is 0 Å². The molecule has 0 saturated heterocycles. The number of unbranched alkanes of at least 4 members (excludes halogenated alkanes) is 6. The molecule has 0 aliphatic rings. The lowest BCUT2D eigenvalue weighted by atomic mass is 9.92. The van der Waals surface area contributed by atoms with E-state index in [1.54, 1.807) is 6.07 Å². The predicted octanol–water partition coefficient (Wildman–Crippen LogP) is 5.01. The first-order chi connectivity index (χ1) is 9.29. The highest BCUT2D eigenvalue weighted by molar-refractivity contribution is 5.21. The van der Waals surface area contributed by atoms with Crippen molar-refractivity contribution in [3.8, 4) is 0 Å². The molecule has 0 aliphatic heterocycles. The largest absolute Gasteiger partial charge is 0.330 e. The Kier molecular flexibility index (Phi) is 8.48. The van der Waals surface area contributed by atoms with Gasteiger partial charge in [0, 0.05) is 0 Å². The Morgan fingerprint density at radius 2 is 1.63 bits per heavy atom. The minimum Gasteiger partial charge on any atom is -0.330 e. The van der Waals surface area contributed by atoms with Crippen LogP contribution < -0.4 is 5.73 Å². The van der Waals surface area contributed by atoms with Gasteiger partial charge in [0.2, 0.25) is 0 Å². The van der Waals surface area contributed by atoms with Gasteiger partial charge in [0.15, 0.2) is 0 Å². The molecule has 2 N–H and O–H groups in total. The molecule has 108 valence electrons. The normalized spacial score (nSPS) is 12.6. The van der Waals surface area contributed by atoms with Crippen molar-refractivity contribution in [3.63, 3.8) is 0 Å². The Balaban J connectivity index is 2.24. The van der Waals surface area contributed by atoms with Gasteiger partial charge in [-0.2, -0.15) is 0 Å². The summed E-state index contributed by atoms with van der Waals surface area (Å²) in [6, 6.07) is 7.03. The highest BCUT2D eigenvalue weighted by atomic mass is 19.1. The van der Waals surface area contributed by atoms with Gasteiger partial charge in [-0.3, -0.25) is 0 Å². The Bertz CT molecular complexity index is 338. The molecule has 19 heavy (non-hydrogen) atoms. The lowest BCUT2D eigenvalue weighted by molar-refractivity contribution is 0.516. The second kappa shape index (κ2) is 9.96. The van der Waals surface area contributed by atoms with E-state index in [0.29, 0.717) is 6.54 Å². The second-order valence-corrected chi connectivity index (χ2v) is 5.36. The summed E-state index contributed by atoms with van der Waals surface area (Å²) in [7, 11) is 0. The monoisotopic (exact) mass is 265 g/mol. The van der Waals surface area contributed by atoms with Crippen LogP contribution in [0.1, 0.15) is 69.8 Å². The maximum atomic E-state index is 13.7. The first kappa shape index (κ1) is 16.2. The first-order valence-electron chi connectivity index (χ1n) is 7.74. The molecule has 0 heterocycles. The molecule has 0 aliphatic carbocycles. The van der Waals surface area contributed by atoms with Gasteiger partial charge in [-0.25, -0.2) is 4.39 Å². The van der Waals surface area contributed by atoms with Crippen LogP contribution in [0.15, 0.2) is 24.3 Å². The lowest BCUT2D eigenvalue weighted by Gasteiger charge is -2.15. The van der Waals surface area contributed by atoms with E-state index in [0.717, 1.165) is 18.4 Å². The minimum atomic E-state index is -0.110. The Hall–Kier alpha value is -0.890. The molecule has 0 spiro atoms. The number of benzene rings is 1. The minimum absolute atomic E-state index is 0.110. The maximum Gasteiger partial charge on any atom is 0.126 e. The van der Waals surface area contributed by atoms with E-state index in [-0.39, 0.29) is 11.7 Å². The standard InChI is InChI=1S/C17H28FN/c1-2-3-4-5-6-7-8-11-15(14-19)16-12-9-10-13-17(16)18/h9-10,12-13,15H,2-8,11,14,19H2,1H3. The van der Waals surface area contributed by atoms with Gasteiger partial charge in [0.25, 0.3) is 0 Å². The molecule has 1 rings (SSSR count). The van der Waals surface area contributed by atoms with Gasteiger partial charge in [-0.1, -0.05) is 70.1 Å². The summed E-state index contributed by atoms with van der Waals surface area (Å²) in [6.07, 6.45) is 10.0. The summed E-state index contributed by atoms with van der Waals surface area (Å²) < 4.78 is 13.7. The third-order valence-corrected chi connectivity index (χ3v) is 3.79. The van der Waals surface area contributed by atoms with Gasteiger partial charge in [-0.05, 0) is 30.5 Å². The van der Waals surface area contributed by atoms with Crippen molar-refractivity contribution in [2.24, 2.45) is 5.73 Å². The molecule has 1 atom stereocenters. The SMILES string of the molecule is CCCCCCCCCC(CN)c1ccccc1F. The molecule has 0 aromatic heterocycles. The van der Waals surface area contributed by atoms with Crippen molar-refractivity contribution in [3.05, 3.63) is 35.6 Å². The third-order valence-electron chi connectivity index (χ3n) is 3.79. The quantitative estimate of drug-likeness (QED) is 0.591. The molecule has 1 aromatic rings. The number of halogens is 1.